The largest absolute Gasteiger partial charge is 0.383 e. The van der Waals surface area contributed by atoms with Crippen molar-refractivity contribution in [2.24, 2.45) is 0 Å². The van der Waals surface area contributed by atoms with E-state index in [-0.39, 0.29) is 12.5 Å². The summed E-state index contributed by atoms with van der Waals surface area (Å²) in [5.74, 6) is -0.0953. The molecule has 1 heterocycles. The third kappa shape index (κ3) is 3.08. The Bertz CT molecular complexity index is 592. The molecule has 0 unspecified atom stereocenters. The highest BCUT2D eigenvalue weighted by Gasteiger charge is 2.09. The van der Waals surface area contributed by atoms with E-state index in [1.807, 2.05) is 26.0 Å². The van der Waals surface area contributed by atoms with Crippen LogP contribution >= 0.6 is 0 Å². The van der Waals surface area contributed by atoms with Gasteiger partial charge in [-0.15, -0.1) is 5.10 Å². The smallest absolute Gasteiger partial charge is 0.241 e. The standard InChI is InChI=1S/C13H18N4O2/c1-9-6-11-12(7-10(9)2)17(16-15-11)8-13(18)14-4-5-19-3/h6-7H,4-5,8H2,1-3H3,(H,14,18). The number of aryl methyl sites for hydroxylation is 2. The molecule has 0 radical (unpaired) electrons. The van der Waals surface area contributed by atoms with Crippen molar-refractivity contribution in [2.45, 2.75) is 20.4 Å². The van der Waals surface area contributed by atoms with E-state index in [4.69, 9.17) is 4.74 Å². The summed E-state index contributed by atoms with van der Waals surface area (Å²) in [7, 11) is 1.60. The number of methoxy groups -OCH3 is 1. The lowest BCUT2D eigenvalue weighted by Crippen LogP contribution is -2.30. The van der Waals surface area contributed by atoms with Gasteiger partial charge in [-0.25, -0.2) is 4.68 Å². The first-order chi connectivity index (χ1) is 9.11. The second kappa shape index (κ2) is 5.79. The van der Waals surface area contributed by atoms with Crippen LogP contribution in [-0.2, 0) is 16.1 Å². The number of hydrogen-bond donors (Lipinski definition) is 1. The molecule has 1 amide bonds. The minimum absolute atomic E-state index is 0.0953. The van der Waals surface area contributed by atoms with Crippen molar-refractivity contribution in [3.8, 4) is 0 Å². The molecule has 0 bridgehead atoms. The predicted molar refractivity (Wildman–Crippen MR) is 71.9 cm³/mol. The van der Waals surface area contributed by atoms with E-state index in [1.165, 1.54) is 5.56 Å². The Morgan fingerprint density at radius 1 is 1.37 bits per heavy atom. The number of fused-ring (bicyclic) bond motifs is 1. The van der Waals surface area contributed by atoms with Gasteiger partial charge in [-0.05, 0) is 37.1 Å². The number of amides is 1. The van der Waals surface area contributed by atoms with Gasteiger partial charge in [-0.2, -0.15) is 0 Å². The van der Waals surface area contributed by atoms with E-state index >= 15 is 0 Å². The van der Waals surface area contributed by atoms with Crippen LogP contribution in [0.15, 0.2) is 12.1 Å². The van der Waals surface area contributed by atoms with Crippen LogP contribution in [0.1, 0.15) is 11.1 Å². The van der Waals surface area contributed by atoms with Crippen molar-refractivity contribution in [2.75, 3.05) is 20.3 Å². The maximum atomic E-state index is 11.7. The Balaban J connectivity index is 2.13. The van der Waals surface area contributed by atoms with Gasteiger partial charge < -0.3 is 10.1 Å². The zero-order chi connectivity index (χ0) is 13.8. The molecule has 1 aromatic heterocycles. The third-order valence-electron chi connectivity index (χ3n) is 3.05. The van der Waals surface area contributed by atoms with Crippen molar-refractivity contribution < 1.29 is 9.53 Å². The Labute approximate surface area is 111 Å². The van der Waals surface area contributed by atoms with Crippen molar-refractivity contribution in [3.63, 3.8) is 0 Å². The van der Waals surface area contributed by atoms with Crippen LogP contribution in [0.4, 0.5) is 0 Å². The number of hydrogen-bond acceptors (Lipinski definition) is 4. The van der Waals surface area contributed by atoms with E-state index in [0.29, 0.717) is 13.2 Å². The highest BCUT2D eigenvalue weighted by Crippen LogP contribution is 2.16. The van der Waals surface area contributed by atoms with Gasteiger partial charge in [0.15, 0.2) is 0 Å². The zero-order valence-corrected chi connectivity index (χ0v) is 11.4. The second-order valence-electron chi connectivity index (χ2n) is 4.52. The maximum Gasteiger partial charge on any atom is 0.241 e. The summed E-state index contributed by atoms with van der Waals surface area (Å²) < 4.78 is 6.49. The number of nitrogens with one attached hydrogen (secondary N) is 1. The van der Waals surface area contributed by atoms with E-state index in [2.05, 4.69) is 15.6 Å². The first-order valence-electron chi connectivity index (χ1n) is 6.18. The summed E-state index contributed by atoms with van der Waals surface area (Å²) in [5, 5.41) is 10.9. The molecule has 2 rings (SSSR count). The first kappa shape index (κ1) is 13.5. The van der Waals surface area contributed by atoms with Crippen molar-refractivity contribution in [1.29, 1.82) is 0 Å². The van der Waals surface area contributed by atoms with Gasteiger partial charge in [0.1, 0.15) is 12.1 Å². The molecule has 1 N–H and O–H groups in total. The van der Waals surface area contributed by atoms with Gasteiger partial charge in [0.05, 0.1) is 12.1 Å². The molecule has 0 atom stereocenters. The molecule has 0 spiro atoms. The monoisotopic (exact) mass is 262 g/mol. The third-order valence-corrected chi connectivity index (χ3v) is 3.05. The fraction of sp³-hybridized carbons (Fsp3) is 0.462. The van der Waals surface area contributed by atoms with Gasteiger partial charge in [-0.3, -0.25) is 4.79 Å². The van der Waals surface area contributed by atoms with Crippen molar-refractivity contribution in [1.82, 2.24) is 20.3 Å². The second-order valence-corrected chi connectivity index (χ2v) is 4.52. The molecule has 102 valence electrons. The van der Waals surface area contributed by atoms with E-state index < -0.39 is 0 Å². The lowest BCUT2D eigenvalue weighted by atomic mass is 10.1. The Kier molecular flexibility index (Phi) is 4.11. The highest BCUT2D eigenvalue weighted by molar-refractivity contribution is 5.80. The predicted octanol–water partition coefficient (Wildman–Crippen LogP) is 0.811. The minimum atomic E-state index is -0.0953. The SMILES string of the molecule is COCCNC(=O)Cn1nnc2cc(C)c(C)cc21. The summed E-state index contributed by atoms with van der Waals surface area (Å²) in [4.78, 5) is 11.7. The molecule has 0 aliphatic rings. The fourth-order valence-electron chi connectivity index (χ4n) is 1.82. The number of rotatable bonds is 5. The Hall–Kier alpha value is -1.95. The molecule has 19 heavy (non-hydrogen) atoms. The molecule has 0 aliphatic carbocycles. The van der Waals surface area contributed by atoms with E-state index in [1.54, 1.807) is 11.8 Å². The van der Waals surface area contributed by atoms with Gasteiger partial charge in [0.25, 0.3) is 0 Å². The maximum absolute atomic E-state index is 11.7. The molecular weight excluding hydrogens is 244 g/mol. The number of carbonyl (C=O) groups is 1. The molecule has 6 nitrogen and oxygen atoms in total. The molecule has 0 saturated carbocycles. The van der Waals surface area contributed by atoms with Crippen LogP contribution in [0, 0.1) is 13.8 Å². The normalized spacial score (nSPS) is 10.9. The van der Waals surface area contributed by atoms with Gasteiger partial charge in [0, 0.05) is 13.7 Å². The van der Waals surface area contributed by atoms with Crippen LogP contribution in [0.5, 0.6) is 0 Å². The lowest BCUT2D eigenvalue weighted by molar-refractivity contribution is -0.122. The topological polar surface area (TPSA) is 69.0 Å². The number of nitrogens with zero attached hydrogens (tertiary/aromatic N) is 3. The van der Waals surface area contributed by atoms with Gasteiger partial charge in [-0.1, -0.05) is 5.21 Å². The Morgan fingerprint density at radius 2 is 2.11 bits per heavy atom. The molecule has 1 aromatic carbocycles. The average molecular weight is 262 g/mol. The number of carbonyl (C=O) groups excluding carboxylic acids is 1. The van der Waals surface area contributed by atoms with E-state index in [9.17, 15) is 4.79 Å². The highest BCUT2D eigenvalue weighted by atomic mass is 16.5. The minimum Gasteiger partial charge on any atom is -0.383 e. The number of ether oxygens (including phenoxy) is 1. The summed E-state index contributed by atoms with van der Waals surface area (Å²) >= 11 is 0. The van der Waals surface area contributed by atoms with Crippen LogP contribution in [0.25, 0.3) is 11.0 Å². The number of aromatic nitrogens is 3. The zero-order valence-electron chi connectivity index (χ0n) is 11.4. The summed E-state index contributed by atoms with van der Waals surface area (Å²) in [6.07, 6.45) is 0. The fourth-order valence-corrected chi connectivity index (χ4v) is 1.82. The molecule has 0 saturated heterocycles. The van der Waals surface area contributed by atoms with Crippen molar-refractivity contribution in [3.05, 3.63) is 23.3 Å². The van der Waals surface area contributed by atoms with Crippen LogP contribution in [0.3, 0.4) is 0 Å². The van der Waals surface area contributed by atoms with Crippen LogP contribution < -0.4 is 5.32 Å². The summed E-state index contributed by atoms with van der Waals surface area (Å²) in [6.45, 7) is 5.24. The quantitative estimate of drug-likeness (QED) is 0.810. The summed E-state index contributed by atoms with van der Waals surface area (Å²) in [6, 6.07) is 3.99. The first-order valence-corrected chi connectivity index (χ1v) is 6.18. The van der Waals surface area contributed by atoms with Crippen molar-refractivity contribution >= 4 is 16.9 Å². The number of benzene rings is 1. The molecule has 0 aliphatic heterocycles. The molecule has 2 aromatic rings. The summed E-state index contributed by atoms with van der Waals surface area (Å²) in [5.41, 5.74) is 4.03. The average Bonchev–Trinajstić information content (AvgIpc) is 2.73. The molecule has 0 fully saturated rings. The lowest BCUT2D eigenvalue weighted by Gasteiger charge is -2.05. The molecule has 6 heteroatoms. The van der Waals surface area contributed by atoms with Crippen LogP contribution in [0.2, 0.25) is 0 Å². The van der Waals surface area contributed by atoms with Gasteiger partial charge >= 0.3 is 0 Å². The van der Waals surface area contributed by atoms with Gasteiger partial charge in [0.2, 0.25) is 5.91 Å². The molecular formula is C13H18N4O2. The Morgan fingerprint density at radius 3 is 2.84 bits per heavy atom. The van der Waals surface area contributed by atoms with E-state index in [0.717, 1.165) is 16.6 Å². The van der Waals surface area contributed by atoms with Crippen LogP contribution in [-0.4, -0.2) is 41.2 Å².